The van der Waals surface area contributed by atoms with Crippen LogP contribution in [0.25, 0.3) is 0 Å². The van der Waals surface area contributed by atoms with Gasteiger partial charge >= 0.3 is 0 Å². The molecule has 0 bridgehead atoms. The summed E-state index contributed by atoms with van der Waals surface area (Å²) in [5.41, 5.74) is 1.66. The maximum absolute atomic E-state index is 8.75. The number of nitrogens with zero attached hydrogens (tertiary/aromatic N) is 3. The Morgan fingerprint density at radius 3 is 2.64 bits per heavy atom. The predicted octanol–water partition coefficient (Wildman–Crippen LogP) is 2.89. The molecule has 0 saturated heterocycles. The molecule has 22 heavy (non-hydrogen) atoms. The normalized spacial score (nSPS) is 15.5. The molecule has 5 nitrogen and oxygen atoms in total. The maximum atomic E-state index is 8.75. The first-order chi connectivity index (χ1) is 10.8. The van der Waals surface area contributed by atoms with Crippen LogP contribution in [0.1, 0.15) is 30.5 Å². The molecular formula is C17H18N4O. The van der Waals surface area contributed by atoms with Crippen molar-refractivity contribution in [3.63, 3.8) is 0 Å². The topological polar surface area (TPSA) is 70.8 Å². The van der Waals surface area contributed by atoms with E-state index in [1.54, 1.807) is 19.2 Å². The fourth-order valence-corrected chi connectivity index (χ4v) is 2.97. The van der Waals surface area contributed by atoms with Crippen LogP contribution in [0.2, 0.25) is 0 Å². The Morgan fingerprint density at radius 1 is 1.23 bits per heavy atom. The lowest BCUT2D eigenvalue weighted by molar-refractivity contribution is 0.250. The van der Waals surface area contributed by atoms with Gasteiger partial charge in [-0.1, -0.05) is 24.6 Å². The molecule has 1 aromatic heterocycles. The standard InChI is InChI=1S/C17H18N4O/c1-22-15-6-3-2-5-14(15)17(9-4-10-17)12-19-16-8-7-13(11-18)20-21-16/h2-3,5-8H,4,9-10,12H2,1H3,(H,19,21). The predicted molar refractivity (Wildman–Crippen MR) is 83.8 cm³/mol. The second kappa shape index (κ2) is 6.02. The average Bonchev–Trinajstić information content (AvgIpc) is 2.55. The van der Waals surface area contributed by atoms with Crippen molar-refractivity contribution in [2.45, 2.75) is 24.7 Å². The van der Waals surface area contributed by atoms with E-state index in [4.69, 9.17) is 10.00 Å². The number of rotatable bonds is 5. The summed E-state index contributed by atoms with van der Waals surface area (Å²) in [6.45, 7) is 0.786. The van der Waals surface area contributed by atoms with Crippen LogP contribution in [0.15, 0.2) is 36.4 Å². The molecule has 1 fully saturated rings. The van der Waals surface area contributed by atoms with Gasteiger partial charge in [0.1, 0.15) is 17.6 Å². The molecule has 1 aliphatic carbocycles. The van der Waals surface area contributed by atoms with E-state index in [0.717, 1.165) is 25.1 Å². The van der Waals surface area contributed by atoms with E-state index in [0.29, 0.717) is 11.5 Å². The maximum Gasteiger partial charge on any atom is 0.163 e. The Hall–Kier alpha value is -2.61. The Bertz CT molecular complexity index is 687. The Kier molecular flexibility index (Phi) is 3.92. The molecule has 0 aliphatic heterocycles. The van der Waals surface area contributed by atoms with Crippen LogP contribution in [0.4, 0.5) is 5.82 Å². The molecule has 0 atom stereocenters. The van der Waals surface area contributed by atoms with Gasteiger partial charge in [-0.05, 0) is 31.0 Å². The first-order valence-corrected chi connectivity index (χ1v) is 7.39. The summed E-state index contributed by atoms with van der Waals surface area (Å²) in [7, 11) is 1.71. The minimum Gasteiger partial charge on any atom is -0.496 e. The number of anilines is 1. The zero-order valence-electron chi connectivity index (χ0n) is 12.5. The van der Waals surface area contributed by atoms with Crippen molar-refractivity contribution in [2.24, 2.45) is 0 Å². The number of nitrogens with one attached hydrogen (secondary N) is 1. The van der Waals surface area contributed by atoms with Crippen molar-refractivity contribution in [1.82, 2.24) is 10.2 Å². The van der Waals surface area contributed by atoms with Gasteiger partial charge in [0.15, 0.2) is 5.69 Å². The number of hydrogen-bond donors (Lipinski definition) is 1. The molecule has 1 aromatic carbocycles. The summed E-state index contributed by atoms with van der Waals surface area (Å²) >= 11 is 0. The van der Waals surface area contributed by atoms with Crippen LogP contribution >= 0.6 is 0 Å². The van der Waals surface area contributed by atoms with Crippen molar-refractivity contribution < 1.29 is 4.74 Å². The van der Waals surface area contributed by atoms with Crippen LogP contribution in [0, 0.1) is 11.3 Å². The Balaban J connectivity index is 1.77. The smallest absolute Gasteiger partial charge is 0.163 e. The highest BCUT2D eigenvalue weighted by molar-refractivity contribution is 5.44. The largest absolute Gasteiger partial charge is 0.496 e. The minimum atomic E-state index is 0.0855. The molecule has 0 spiro atoms. The summed E-state index contributed by atoms with van der Waals surface area (Å²) in [5.74, 6) is 1.63. The molecule has 3 rings (SSSR count). The van der Waals surface area contributed by atoms with E-state index in [9.17, 15) is 0 Å². The fraction of sp³-hybridized carbons (Fsp3) is 0.353. The van der Waals surface area contributed by atoms with Gasteiger partial charge < -0.3 is 10.1 Å². The number of benzene rings is 1. The van der Waals surface area contributed by atoms with Gasteiger partial charge in [-0.3, -0.25) is 0 Å². The molecule has 1 aliphatic rings. The Labute approximate surface area is 130 Å². The van der Waals surface area contributed by atoms with Crippen molar-refractivity contribution in [2.75, 3.05) is 19.0 Å². The highest BCUT2D eigenvalue weighted by Crippen LogP contribution is 2.47. The van der Waals surface area contributed by atoms with Crippen LogP contribution in [-0.4, -0.2) is 23.9 Å². The summed E-state index contributed by atoms with van der Waals surface area (Å²) in [6.07, 6.45) is 3.48. The van der Waals surface area contributed by atoms with Crippen LogP contribution in [-0.2, 0) is 5.41 Å². The highest BCUT2D eigenvalue weighted by Gasteiger charge is 2.40. The molecular weight excluding hydrogens is 276 g/mol. The number of hydrogen-bond acceptors (Lipinski definition) is 5. The van der Waals surface area contributed by atoms with Gasteiger partial charge in [-0.2, -0.15) is 5.26 Å². The molecule has 1 heterocycles. The third-order valence-corrected chi connectivity index (χ3v) is 4.38. The Morgan fingerprint density at radius 2 is 2.05 bits per heavy atom. The van der Waals surface area contributed by atoms with E-state index in [-0.39, 0.29) is 5.41 Å². The van der Waals surface area contributed by atoms with Crippen LogP contribution in [0.5, 0.6) is 5.75 Å². The van der Waals surface area contributed by atoms with Gasteiger partial charge in [0.05, 0.1) is 7.11 Å². The van der Waals surface area contributed by atoms with Gasteiger partial charge in [0, 0.05) is 17.5 Å². The molecule has 0 radical (unpaired) electrons. The van der Waals surface area contributed by atoms with Crippen LogP contribution in [0.3, 0.4) is 0 Å². The van der Waals surface area contributed by atoms with Gasteiger partial charge in [0.25, 0.3) is 0 Å². The van der Waals surface area contributed by atoms with Crippen molar-refractivity contribution in [1.29, 1.82) is 5.26 Å². The zero-order valence-corrected chi connectivity index (χ0v) is 12.5. The highest BCUT2D eigenvalue weighted by atomic mass is 16.5. The molecule has 112 valence electrons. The third-order valence-electron chi connectivity index (χ3n) is 4.38. The second-order valence-corrected chi connectivity index (χ2v) is 5.60. The first kappa shape index (κ1) is 14.3. The van der Waals surface area contributed by atoms with E-state index < -0.39 is 0 Å². The number of para-hydroxylation sites is 1. The van der Waals surface area contributed by atoms with Crippen LogP contribution < -0.4 is 10.1 Å². The van der Waals surface area contributed by atoms with Gasteiger partial charge in [-0.25, -0.2) is 0 Å². The van der Waals surface area contributed by atoms with Crippen molar-refractivity contribution in [3.05, 3.63) is 47.7 Å². The first-order valence-electron chi connectivity index (χ1n) is 7.39. The third kappa shape index (κ3) is 2.60. The van der Waals surface area contributed by atoms with Gasteiger partial charge in [-0.15, -0.1) is 10.2 Å². The lowest BCUT2D eigenvalue weighted by Crippen LogP contribution is -2.41. The second-order valence-electron chi connectivity index (χ2n) is 5.60. The number of aromatic nitrogens is 2. The monoisotopic (exact) mass is 294 g/mol. The summed E-state index contributed by atoms with van der Waals surface area (Å²) in [4.78, 5) is 0. The van der Waals surface area contributed by atoms with E-state index >= 15 is 0 Å². The number of nitriles is 1. The molecule has 0 unspecified atom stereocenters. The summed E-state index contributed by atoms with van der Waals surface area (Å²) in [6, 6.07) is 13.6. The van der Waals surface area contributed by atoms with Crippen molar-refractivity contribution in [3.8, 4) is 11.8 Å². The lowest BCUT2D eigenvalue weighted by atomic mass is 9.64. The van der Waals surface area contributed by atoms with Gasteiger partial charge in [0.2, 0.25) is 0 Å². The quantitative estimate of drug-likeness (QED) is 0.918. The lowest BCUT2D eigenvalue weighted by Gasteiger charge is -2.43. The van der Waals surface area contributed by atoms with Crippen molar-refractivity contribution >= 4 is 5.82 Å². The summed E-state index contributed by atoms with van der Waals surface area (Å²) in [5, 5.41) is 20.0. The van der Waals surface area contributed by atoms with E-state index in [1.165, 1.54) is 12.0 Å². The van der Waals surface area contributed by atoms with E-state index in [2.05, 4.69) is 27.6 Å². The summed E-state index contributed by atoms with van der Waals surface area (Å²) < 4.78 is 5.52. The molecule has 0 amide bonds. The minimum absolute atomic E-state index is 0.0855. The average molecular weight is 294 g/mol. The zero-order chi connectivity index (χ0) is 15.4. The van der Waals surface area contributed by atoms with E-state index in [1.807, 2.05) is 18.2 Å². The molecule has 5 heteroatoms. The molecule has 1 N–H and O–H groups in total. The SMILES string of the molecule is COc1ccccc1C1(CNc2ccc(C#N)nn2)CCC1. The number of ether oxygens (including phenoxy) is 1. The molecule has 1 saturated carbocycles. The number of methoxy groups -OCH3 is 1. The fourth-order valence-electron chi connectivity index (χ4n) is 2.97. The molecule has 2 aromatic rings.